The van der Waals surface area contributed by atoms with Crippen LogP contribution in [0, 0.1) is 5.92 Å². The van der Waals surface area contributed by atoms with Gasteiger partial charge in [-0.25, -0.2) is 0 Å². The van der Waals surface area contributed by atoms with Gasteiger partial charge < -0.3 is 14.8 Å². The highest BCUT2D eigenvalue weighted by Crippen LogP contribution is 2.34. The van der Waals surface area contributed by atoms with Crippen LogP contribution in [0.25, 0.3) is 0 Å². The van der Waals surface area contributed by atoms with E-state index in [9.17, 15) is 0 Å². The summed E-state index contributed by atoms with van der Waals surface area (Å²) >= 11 is 3.62. The monoisotopic (exact) mass is 343 g/mol. The van der Waals surface area contributed by atoms with Gasteiger partial charge in [0.1, 0.15) is 11.5 Å². The van der Waals surface area contributed by atoms with E-state index in [2.05, 4.69) is 35.1 Å². The molecule has 0 amide bonds. The molecule has 0 saturated carbocycles. The van der Waals surface area contributed by atoms with Crippen molar-refractivity contribution in [3.05, 3.63) is 22.2 Å². The summed E-state index contributed by atoms with van der Waals surface area (Å²) in [5.41, 5.74) is 1.23. The fourth-order valence-electron chi connectivity index (χ4n) is 2.19. The van der Waals surface area contributed by atoms with Gasteiger partial charge in [0, 0.05) is 16.1 Å². The van der Waals surface area contributed by atoms with Crippen LogP contribution in [0.1, 0.15) is 32.3 Å². The number of nitrogens with one attached hydrogen (secondary N) is 1. The molecule has 0 aliphatic rings. The van der Waals surface area contributed by atoms with Crippen molar-refractivity contribution in [1.82, 2.24) is 5.32 Å². The molecule has 0 heterocycles. The first-order valence-electron chi connectivity index (χ1n) is 7.23. The van der Waals surface area contributed by atoms with Gasteiger partial charge in [-0.3, -0.25) is 0 Å². The molecule has 1 rings (SSSR count). The van der Waals surface area contributed by atoms with Gasteiger partial charge in [-0.2, -0.15) is 0 Å². The van der Waals surface area contributed by atoms with Gasteiger partial charge in [0.25, 0.3) is 0 Å². The molecule has 0 fully saturated rings. The number of benzene rings is 1. The number of rotatable bonds is 9. The lowest BCUT2D eigenvalue weighted by atomic mass is 9.97. The summed E-state index contributed by atoms with van der Waals surface area (Å²) in [4.78, 5) is 0. The van der Waals surface area contributed by atoms with Crippen LogP contribution in [0.4, 0.5) is 0 Å². The molecule has 0 aromatic heterocycles. The van der Waals surface area contributed by atoms with Crippen LogP contribution in [0.2, 0.25) is 0 Å². The predicted octanol–water partition coefficient (Wildman–Crippen LogP) is 4.03. The molecule has 20 heavy (non-hydrogen) atoms. The molecular weight excluding hydrogens is 318 g/mol. The Morgan fingerprint density at radius 1 is 1.20 bits per heavy atom. The largest absolute Gasteiger partial charge is 0.497 e. The third kappa shape index (κ3) is 5.33. The molecule has 0 bridgehead atoms. The molecule has 1 N–H and O–H groups in total. The summed E-state index contributed by atoms with van der Waals surface area (Å²) < 4.78 is 11.8. The number of ether oxygens (including phenoxy) is 2. The minimum atomic E-state index is 0.702. The highest BCUT2D eigenvalue weighted by Gasteiger charge is 2.12. The first-order chi connectivity index (χ1) is 9.62. The molecule has 0 radical (unpaired) electrons. The second-order valence-electron chi connectivity index (χ2n) is 5.08. The van der Waals surface area contributed by atoms with Crippen LogP contribution in [0.5, 0.6) is 11.5 Å². The van der Waals surface area contributed by atoms with Crippen LogP contribution in [-0.2, 0) is 6.42 Å². The Labute approximate surface area is 131 Å². The molecule has 0 aliphatic heterocycles. The maximum atomic E-state index is 5.48. The zero-order chi connectivity index (χ0) is 15.0. The summed E-state index contributed by atoms with van der Waals surface area (Å²) in [7, 11) is 3.38. The first-order valence-corrected chi connectivity index (χ1v) is 8.02. The molecule has 114 valence electrons. The van der Waals surface area contributed by atoms with E-state index in [0.717, 1.165) is 41.9 Å². The Morgan fingerprint density at radius 3 is 2.55 bits per heavy atom. The van der Waals surface area contributed by atoms with E-state index in [1.54, 1.807) is 14.2 Å². The SMILES string of the molecule is CCNCCC(C)CCc1c(Br)cc(OC)cc1OC. The normalized spacial score (nSPS) is 12.2. The van der Waals surface area contributed by atoms with Gasteiger partial charge in [0.05, 0.1) is 14.2 Å². The number of halogens is 1. The van der Waals surface area contributed by atoms with Crippen molar-refractivity contribution >= 4 is 15.9 Å². The highest BCUT2D eigenvalue weighted by atomic mass is 79.9. The minimum Gasteiger partial charge on any atom is -0.497 e. The fourth-order valence-corrected chi connectivity index (χ4v) is 2.81. The maximum Gasteiger partial charge on any atom is 0.126 e. The average molecular weight is 344 g/mol. The molecule has 3 nitrogen and oxygen atoms in total. The lowest BCUT2D eigenvalue weighted by Crippen LogP contribution is -2.16. The van der Waals surface area contributed by atoms with Crippen LogP contribution in [-0.4, -0.2) is 27.3 Å². The lowest BCUT2D eigenvalue weighted by Gasteiger charge is -2.15. The first kappa shape index (κ1) is 17.3. The van der Waals surface area contributed by atoms with E-state index in [-0.39, 0.29) is 0 Å². The van der Waals surface area contributed by atoms with E-state index in [1.165, 1.54) is 12.0 Å². The zero-order valence-electron chi connectivity index (χ0n) is 13.0. The summed E-state index contributed by atoms with van der Waals surface area (Å²) in [5, 5.41) is 3.38. The molecule has 1 atom stereocenters. The molecule has 1 aromatic carbocycles. The van der Waals surface area contributed by atoms with Gasteiger partial charge in [-0.05, 0) is 44.3 Å². The predicted molar refractivity (Wildman–Crippen MR) is 87.9 cm³/mol. The van der Waals surface area contributed by atoms with E-state index in [1.807, 2.05) is 12.1 Å². The fraction of sp³-hybridized carbons (Fsp3) is 0.625. The molecule has 0 saturated heterocycles. The summed E-state index contributed by atoms with van der Waals surface area (Å²) in [6.07, 6.45) is 3.39. The van der Waals surface area contributed by atoms with E-state index in [0.29, 0.717) is 5.92 Å². The second-order valence-corrected chi connectivity index (χ2v) is 5.93. The van der Waals surface area contributed by atoms with Gasteiger partial charge in [0.15, 0.2) is 0 Å². The standard InChI is InChI=1S/C16H26BrNO2/c1-5-18-9-8-12(2)6-7-14-15(17)10-13(19-3)11-16(14)20-4/h10-12,18H,5-9H2,1-4H3. The number of methoxy groups -OCH3 is 2. The molecule has 4 heteroatoms. The summed E-state index contributed by atoms with van der Waals surface area (Å²) in [6.45, 7) is 6.59. The van der Waals surface area contributed by atoms with Crippen LogP contribution in [0.15, 0.2) is 16.6 Å². The summed E-state index contributed by atoms with van der Waals surface area (Å²) in [6, 6.07) is 3.95. The Hall–Kier alpha value is -0.740. The van der Waals surface area contributed by atoms with Gasteiger partial charge in [-0.1, -0.05) is 29.8 Å². The van der Waals surface area contributed by atoms with Crippen LogP contribution in [0.3, 0.4) is 0 Å². The van der Waals surface area contributed by atoms with Crippen molar-refractivity contribution in [3.63, 3.8) is 0 Å². The van der Waals surface area contributed by atoms with Crippen molar-refractivity contribution in [1.29, 1.82) is 0 Å². The van der Waals surface area contributed by atoms with Gasteiger partial charge in [-0.15, -0.1) is 0 Å². The highest BCUT2D eigenvalue weighted by molar-refractivity contribution is 9.10. The van der Waals surface area contributed by atoms with E-state index in [4.69, 9.17) is 9.47 Å². The second kappa shape index (κ2) is 9.24. The number of hydrogen-bond acceptors (Lipinski definition) is 3. The van der Waals surface area contributed by atoms with Crippen molar-refractivity contribution in [2.24, 2.45) is 5.92 Å². The molecule has 1 aromatic rings. The smallest absolute Gasteiger partial charge is 0.126 e. The van der Waals surface area contributed by atoms with Crippen molar-refractivity contribution in [3.8, 4) is 11.5 Å². The topological polar surface area (TPSA) is 30.5 Å². The zero-order valence-corrected chi connectivity index (χ0v) is 14.5. The third-order valence-corrected chi connectivity index (χ3v) is 4.24. The van der Waals surface area contributed by atoms with E-state index < -0.39 is 0 Å². The van der Waals surface area contributed by atoms with Gasteiger partial charge in [0.2, 0.25) is 0 Å². The summed E-state index contributed by atoms with van der Waals surface area (Å²) in [5.74, 6) is 2.42. The molecular formula is C16H26BrNO2. The Balaban J connectivity index is 2.62. The maximum absolute atomic E-state index is 5.48. The van der Waals surface area contributed by atoms with E-state index >= 15 is 0 Å². The third-order valence-electron chi connectivity index (χ3n) is 3.53. The number of hydrogen-bond donors (Lipinski definition) is 1. The molecule has 0 aliphatic carbocycles. The van der Waals surface area contributed by atoms with Crippen molar-refractivity contribution in [2.45, 2.75) is 33.1 Å². The van der Waals surface area contributed by atoms with Gasteiger partial charge >= 0.3 is 0 Å². The Bertz CT molecular complexity index is 410. The van der Waals surface area contributed by atoms with Crippen molar-refractivity contribution in [2.75, 3.05) is 27.3 Å². The Kier molecular flexibility index (Phi) is 8.00. The van der Waals surface area contributed by atoms with Crippen LogP contribution < -0.4 is 14.8 Å². The average Bonchev–Trinajstić information content (AvgIpc) is 2.45. The minimum absolute atomic E-state index is 0.702. The molecule has 0 spiro atoms. The van der Waals surface area contributed by atoms with Crippen molar-refractivity contribution < 1.29 is 9.47 Å². The quantitative estimate of drug-likeness (QED) is 0.686. The van der Waals surface area contributed by atoms with Crippen LogP contribution >= 0.6 is 15.9 Å². The molecule has 1 unspecified atom stereocenters. The Morgan fingerprint density at radius 2 is 1.95 bits per heavy atom. The lowest BCUT2D eigenvalue weighted by molar-refractivity contribution is 0.388.